The molecule has 0 unspecified atom stereocenters. The van der Waals surface area contributed by atoms with Gasteiger partial charge in [0.1, 0.15) is 0 Å². The Hall–Kier alpha value is -2.30. The van der Waals surface area contributed by atoms with Gasteiger partial charge < -0.3 is 15.3 Å². The molecular formula is C13H16N4O. The number of nitrogens with one attached hydrogen (secondary N) is 3. The molecule has 0 aliphatic carbocycles. The van der Waals surface area contributed by atoms with E-state index in [0.717, 1.165) is 16.9 Å². The van der Waals surface area contributed by atoms with Gasteiger partial charge in [0.2, 0.25) is 0 Å². The van der Waals surface area contributed by atoms with Gasteiger partial charge >= 0.3 is 5.69 Å². The zero-order chi connectivity index (χ0) is 13.0. The molecular weight excluding hydrogens is 228 g/mol. The number of aliphatic imine (C=N–C) groups is 1. The second kappa shape index (κ2) is 5.35. The van der Waals surface area contributed by atoms with Crippen molar-refractivity contribution in [2.75, 3.05) is 5.32 Å². The summed E-state index contributed by atoms with van der Waals surface area (Å²) in [6.45, 7) is 4.03. The molecule has 0 amide bonds. The van der Waals surface area contributed by atoms with E-state index >= 15 is 0 Å². The minimum atomic E-state index is -0.198. The largest absolute Gasteiger partial charge is 0.347 e. The smallest absolute Gasteiger partial charge is 0.323 e. The highest BCUT2D eigenvalue weighted by Gasteiger charge is 1.99. The van der Waals surface area contributed by atoms with Crippen molar-refractivity contribution in [1.29, 1.82) is 0 Å². The molecule has 0 bridgehead atoms. The van der Waals surface area contributed by atoms with Crippen LogP contribution in [-0.2, 0) is 0 Å². The van der Waals surface area contributed by atoms with Gasteiger partial charge in [0.25, 0.3) is 0 Å². The first kappa shape index (κ1) is 12.2. The van der Waals surface area contributed by atoms with Crippen LogP contribution in [-0.4, -0.2) is 22.3 Å². The molecule has 2 rings (SSSR count). The lowest BCUT2D eigenvalue weighted by molar-refractivity contribution is 0.840. The van der Waals surface area contributed by atoms with Crippen molar-refractivity contribution in [2.45, 2.75) is 19.9 Å². The van der Waals surface area contributed by atoms with Gasteiger partial charge in [-0.25, -0.2) is 4.79 Å². The van der Waals surface area contributed by atoms with E-state index in [1.54, 1.807) is 12.5 Å². The Kier molecular flexibility index (Phi) is 3.62. The van der Waals surface area contributed by atoms with Gasteiger partial charge in [-0.2, -0.15) is 0 Å². The second-order valence-corrected chi connectivity index (χ2v) is 4.25. The predicted octanol–water partition coefficient (Wildman–Crippen LogP) is 2.22. The van der Waals surface area contributed by atoms with Gasteiger partial charge in [-0.1, -0.05) is 12.1 Å². The highest BCUT2D eigenvalue weighted by molar-refractivity contribution is 5.76. The lowest BCUT2D eigenvalue weighted by atomic mass is 10.1. The summed E-state index contributed by atoms with van der Waals surface area (Å²) in [6.07, 6.45) is 3.35. The molecule has 3 N–H and O–H groups in total. The van der Waals surface area contributed by atoms with Gasteiger partial charge in [-0.15, -0.1) is 0 Å². The lowest BCUT2D eigenvalue weighted by Gasteiger charge is -2.02. The molecule has 0 aliphatic rings. The number of benzene rings is 1. The maximum Gasteiger partial charge on any atom is 0.323 e. The number of hydrogen-bond acceptors (Lipinski definition) is 2. The summed E-state index contributed by atoms with van der Waals surface area (Å²) in [6, 6.07) is 8.02. The third-order valence-corrected chi connectivity index (χ3v) is 2.40. The fraction of sp³-hybridized carbons (Fsp3) is 0.231. The van der Waals surface area contributed by atoms with Crippen molar-refractivity contribution >= 4 is 12.0 Å². The summed E-state index contributed by atoms with van der Waals surface area (Å²) >= 11 is 0. The Morgan fingerprint density at radius 2 is 2.00 bits per heavy atom. The van der Waals surface area contributed by atoms with Crippen LogP contribution < -0.4 is 11.0 Å². The molecule has 0 saturated heterocycles. The zero-order valence-corrected chi connectivity index (χ0v) is 10.4. The third kappa shape index (κ3) is 3.10. The van der Waals surface area contributed by atoms with Crippen molar-refractivity contribution < 1.29 is 0 Å². The Morgan fingerprint density at radius 3 is 2.56 bits per heavy atom. The summed E-state index contributed by atoms with van der Waals surface area (Å²) in [7, 11) is 0. The summed E-state index contributed by atoms with van der Waals surface area (Å²) < 4.78 is 0. The molecule has 0 saturated carbocycles. The van der Waals surface area contributed by atoms with E-state index in [1.807, 2.05) is 38.1 Å². The van der Waals surface area contributed by atoms with Crippen LogP contribution in [0.5, 0.6) is 0 Å². The highest BCUT2D eigenvalue weighted by Crippen LogP contribution is 2.17. The number of H-pyrrole nitrogens is 2. The van der Waals surface area contributed by atoms with Crippen LogP contribution in [0.4, 0.5) is 5.69 Å². The minimum Gasteiger partial charge on any atom is -0.347 e. The first-order valence-corrected chi connectivity index (χ1v) is 5.81. The van der Waals surface area contributed by atoms with Crippen molar-refractivity contribution in [3.05, 3.63) is 40.9 Å². The Labute approximate surface area is 105 Å². The van der Waals surface area contributed by atoms with Gasteiger partial charge in [0.05, 0.1) is 12.0 Å². The van der Waals surface area contributed by atoms with E-state index in [0.29, 0.717) is 0 Å². The Bertz CT molecular complexity index is 578. The van der Waals surface area contributed by atoms with Gasteiger partial charge in [0, 0.05) is 17.9 Å². The van der Waals surface area contributed by atoms with Crippen molar-refractivity contribution in [2.24, 2.45) is 4.99 Å². The van der Waals surface area contributed by atoms with E-state index < -0.39 is 0 Å². The highest BCUT2D eigenvalue weighted by atomic mass is 16.1. The van der Waals surface area contributed by atoms with E-state index in [1.165, 1.54) is 0 Å². The fourth-order valence-corrected chi connectivity index (χ4v) is 1.49. The van der Waals surface area contributed by atoms with Crippen molar-refractivity contribution in [3.63, 3.8) is 0 Å². The third-order valence-electron chi connectivity index (χ3n) is 2.40. The SMILES string of the molecule is CC(C)N=CNc1ccc(-c2c[nH]c(=O)[nH]2)cc1. The first-order chi connectivity index (χ1) is 8.65. The molecule has 0 spiro atoms. The fourth-order valence-electron chi connectivity index (χ4n) is 1.49. The number of rotatable bonds is 4. The quantitative estimate of drug-likeness (QED) is 0.570. The molecule has 0 radical (unpaired) electrons. The number of hydrogen-bond donors (Lipinski definition) is 3. The lowest BCUT2D eigenvalue weighted by Crippen LogP contribution is -2.00. The number of aromatic nitrogens is 2. The van der Waals surface area contributed by atoms with Gasteiger partial charge in [0.15, 0.2) is 0 Å². The van der Waals surface area contributed by atoms with Crippen molar-refractivity contribution in [3.8, 4) is 11.3 Å². The van der Waals surface area contributed by atoms with Crippen LogP contribution in [0.1, 0.15) is 13.8 Å². The summed E-state index contributed by atoms with van der Waals surface area (Å²) in [5.74, 6) is 0. The zero-order valence-electron chi connectivity index (χ0n) is 10.4. The van der Waals surface area contributed by atoms with Crippen LogP contribution in [0.25, 0.3) is 11.3 Å². The maximum absolute atomic E-state index is 11.0. The van der Waals surface area contributed by atoms with Crippen LogP contribution >= 0.6 is 0 Å². The molecule has 94 valence electrons. The molecule has 1 aromatic heterocycles. The average molecular weight is 244 g/mol. The van der Waals surface area contributed by atoms with Crippen LogP contribution in [0.3, 0.4) is 0 Å². The monoisotopic (exact) mass is 244 g/mol. The standard InChI is InChI=1S/C13H16N4O/c1-9(2)15-8-16-11-5-3-10(4-6-11)12-7-14-13(18)17-12/h3-9H,1-2H3,(H,15,16)(H2,14,17,18). The van der Waals surface area contributed by atoms with Gasteiger partial charge in [-0.3, -0.25) is 4.99 Å². The molecule has 0 aliphatic heterocycles. The molecule has 18 heavy (non-hydrogen) atoms. The summed E-state index contributed by atoms with van der Waals surface area (Å²) in [5, 5.41) is 3.09. The predicted molar refractivity (Wildman–Crippen MR) is 74.1 cm³/mol. The average Bonchev–Trinajstić information content (AvgIpc) is 2.76. The summed E-state index contributed by atoms with van der Waals surface area (Å²) in [5.41, 5.74) is 2.50. The number of aromatic amines is 2. The van der Waals surface area contributed by atoms with E-state index in [9.17, 15) is 4.79 Å². The molecule has 1 aromatic carbocycles. The maximum atomic E-state index is 11.0. The minimum absolute atomic E-state index is 0.198. The Morgan fingerprint density at radius 1 is 1.28 bits per heavy atom. The first-order valence-electron chi connectivity index (χ1n) is 5.81. The molecule has 5 heteroatoms. The molecule has 0 fully saturated rings. The molecule has 2 aromatic rings. The molecule has 0 atom stereocenters. The number of anilines is 1. The van der Waals surface area contributed by atoms with E-state index in [2.05, 4.69) is 20.3 Å². The van der Waals surface area contributed by atoms with Crippen LogP contribution in [0, 0.1) is 0 Å². The molecule has 1 heterocycles. The normalized spacial score (nSPS) is 11.3. The number of nitrogens with zero attached hydrogens (tertiary/aromatic N) is 1. The second-order valence-electron chi connectivity index (χ2n) is 4.25. The summed E-state index contributed by atoms with van der Waals surface area (Å²) in [4.78, 5) is 20.5. The van der Waals surface area contributed by atoms with Crippen LogP contribution in [0.2, 0.25) is 0 Å². The topological polar surface area (TPSA) is 73.0 Å². The van der Waals surface area contributed by atoms with Crippen molar-refractivity contribution in [1.82, 2.24) is 9.97 Å². The molecule has 5 nitrogen and oxygen atoms in total. The van der Waals surface area contributed by atoms with E-state index in [-0.39, 0.29) is 11.7 Å². The van der Waals surface area contributed by atoms with E-state index in [4.69, 9.17) is 0 Å². The van der Waals surface area contributed by atoms with Gasteiger partial charge in [-0.05, 0) is 31.5 Å². The number of imidazole rings is 1. The van der Waals surface area contributed by atoms with Crippen LogP contribution in [0.15, 0.2) is 40.2 Å². The Balaban J connectivity index is 2.08.